The Hall–Kier alpha value is -2.02. The van der Waals surface area contributed by atoms with Crippen molar-refractivity contribution in [2.24, 2.45) is 11.7 Å². The van der Waals surface area contributed by atoms with Gasteiger partial charge in [0.1, 0.15) is 5.69 Å². The highest BCUT2D eigenvalue weighted by atomic mass is 32.1. The predicted octanol–water partition coefficient (Wildman–Crippen LogP) is 3.40. The molecule has 6 rings (SSSR count). The van der Waals surface area contributed by atoms with E-state index in [-0.39, 0.29) is 0 Å². The first-order valence-electron chi connectivity index (χ1n) is 9.34. The van der Waals surface area contributed by atoms with Gasteiger partial charge in [0.2, 0.25) is 0 Å². The maximum atomic E-state index is 5.69. The van der Waals surface area contributed by atoms with Crippen LogP contribution in [0.25, 0.3) is 21.0 Å². The summed E-state index contributed by atoms with van der Waals surface area (Å²) in [5, 5.41) is 8.94. The second-order valence-electron chi connectivity index (χ2n) is 7.35. The second-order valence-corrected chi connectivity index (χ2v) is 8.44. The fraction of sp³-hybridized carbons (Fsp3) is 0.400. The zero-order chi connectivity index (χ0) is 17.5. The van der Waals surface area contributed by atoms with E-state index in [9.17, 15) is 0 Å². The lowest BCUT2D eigenvalue weighted by Crippen LogP contribution is -2.48. The average molecular weight is 366 g/mol. The Morgan fingerprint density at radius 2 is 1.81 bits per heavy atom. The van der Waals surface area contributed by atoms with Crippen LogP contribution >= 0.6 is 11.3 Å². The molecule has 3 aromatic rings. The zero-order valence-electron chi connectivity index (χ0n) is 14.7. The Bertz CT molecular complexity index is 889. The van der Waals surface area contributed by atoms with Gasteiger partial charge in [0.15, 0.2) is 0 Å². The van der Waals surface area contributed by atoms with E-state index < -0.39 is 0 Å². The third-order valence-corrected chi connectivity index (χ3v) is 6.96. The van der Waals surface area contributed by atoms with Crippen molar-refractivity contribution in [2.75, 3.05) is 19.6 Å². The maximum Gasteiger partial charge on any atom is 0.123 e. The van der Waals surface area contributed by atoms with Gasteiger partial charge in [-0.05, 0) is 55.1 Å². The maximum absolute atomic E-state index is 5.69. The zero-order valence-corrected chi connectivity index (χ0v) is 15.5. The van der Waals surface area contributed by atoms with Crippen molar-refractivity contribution < 1.29 is 0 Å². The molecule has 0 aliphatic carbocycles. The Morgan fingerprint density at radius 1 is 1.04 bits per heavy atom. The third-order valence-electron chi connectivity index (χ3n) is 5.80. The van der Waals surface area contributed by atoms with Crippen molar-refractivity contribution in [3.8, 4) is 21.0 Å². The summed E-state index contributed by atoms with van der Waals surface area (Å²) in [7, 11) is 0. The van der Waals surface area contributed by atoms with Crippen molar-refractivity contribution in [2.45, 2.75) is 25.4 Å². The molecule has 2 aromatic heterocycles. The molecule has 0 amide bonds. The van der Waals surface area contributed by atoms with Gasteiger partial charge >= 0.3 is 0 Å². The van der Waals surface area contributed by atoms with Crippen LogP contribution in [0.2, 0.25) is 0 Å². The monoisotopic (exact) mass is 365 g/mol. The molecule has 2 bridgehead atoms. The van der Waals surface area contributed by atoms with Crippen LogP contribution < -0.4 is 5.73 Å². The van der Waals surface area contributed by atoms with E-state index >= 15 is 0 Å². The van der Waals surface area contributed by atoms with E-state index in [1.807, 2.05) is 0 Å². The van der Waals surface area contributed by atoms with Crippen LogP contribution in [0, 0.1) is 5.92 Å². The Kier molecular flexibility index (Phi) is 4.11. The van der Waals surface area contributed by atoms with Gasteiger partial charge in [-0.1, -0.05) is 29.5 Å². The highest BCUT2D eigenvalue weighted by molar-refractivity contribution is 7.18. The number of hydrogen-bond acceptors (Lipinski definition) is 5. The average Bonchev–Trinajstić information content (AvgIpc) is 3.38. The molecular weight excluding hydrogens is 342 g/mol. The summed E-state index contributed by atoms with van der Waals surface area (Å²) in [6.07, 6.45) is 4.73. The third kappa shape index (κ3) is 2.88. The summed E-state index contributed by atoms with van der Waals surface area (Å²) in [5.74, 6) is 0.759. The number of aromatic nitrogens is 3. The van der Waals surface area contributed by atoms with E-state index in [1.54, 1.807) is 11.3 Å². The molecule has 5 heterocycles. The lowest BCUT2D eigenvalue weighted by atomic mass is 9.84. The molecule has 6 heteroatoms. The van der Waals surface area contributed by atoms with E-state index in [4.69, 9.17) is 5.73 Å². The number of rotatable bonds is 4. The van der Waals surface area contributed by atoms with Crippen molar-refractivity contribution in [3.05, 3.63) is 48.2 Å². The summed E-state index contributed by atoms with van der Waals surface area (Å²) in [6.45, 7) is 4.20. The number of benzene rings is 1. The molecule has 0 unspecified atom stereocenters. The molecule has 0 radical (unpaired) electrons. The number of nitrogens with two attached hydrogens (primary N) is 1. The molecule has 134 valence electrons. The van der Waals surface area contributed by atoms with Gasteiger partial charge in [0.25, 0.3) is 0 Å². The largest absolute Gasteiger partial charge is 0.326 e. The molecule has 1 atom stereocenters. The number of hydrogen-bond donors (Lipinski definition) is 1. The first kappa shape index (κ1) is 16.2. The van der Waals surface area contributed by atoms with Gasteiger partial charge < -0.3 is 10.6 Å². The first-order chi connectivity index (χ1) is 12.8. The van der Waals surface area contributed by atoms with E-state index in [0.717, 1.165) is 23.7 Å². The van der Waals surface area contributed by atoms with Gasteiger partial charge in [-0.15, -0.1) is 16.4 Å². The Balaban J connectivity index is 1.37. The second kappa shape index (κ2) is 6.61. The van der Waals surface area contributed by atoms with E-state index in [2.05, 4.69) is 62.5 Å². The summed E-state index contributed by atoms with van der Waals surface area (Å²) in [5.41, 5.74) is 9.05. The summed E-state index contributed by atoms with van der Waals surface area (Å²) in [6, 6.07) is 13.3. The van der Waals surface area contributed by atoms with Crippen molar-refractivity contribution >= 4 is 11.3 Å². The molecule has 26 heavy (non-hydrogen) atoms. The predicted molar refractivity (Wildman–Crippen MR) is 105 cm³/mol. The van der Waals surface area contributed by atoms with Crippen LogP contribution in [0.15, 0.2) is 42.6 Å². The SMILES string of the molecule is NCc1ccc(-c2ccc(-c3cn([C@H]4CN5CCC4CC5)nn3)s2)cc1. The molecule has 2 N–H and O–H groups in total. The van der Waals surface area contributed by atoms with Crippen LogP contribution in [0.4, 0.5) is 0 Å². The molecule has 3 aliphatic rings. The van der Waals surface area contributed by atoms with E-state index in [0.29, 0.717) is 12.6 Å². The number of fused-ring (bicyclic) bond motifs is 3. The minimum atomic E-state index is 0.488. The van der Waals surface area contributed by atoms with Gasteiger partial charge in [-0.25, -0.2) is 4.68 Å². The Morgan fingerprint density at radius 3 is 2.50 bits per heavy atom. The van der Waals surface area contributed by atoms with Crippen LogP contribution in [0.1, 0.15) is 24.4 Å². The van der Waals surface area contributed by atoms with Crippen LogP contribution in [0.5, 0.6) is 0 Å². The highest BCUT2D eigenvalue weighted by Gasteiger charge is 2.35. The molecule has 3 aliphatic heterocycles. The molecular formula is C20H23N5S. The quantitative estimate of drug-likeness (QED) is 0.770. The van der Waals surface area contributed by atoms with Crippen molar-refractivity contribution in [1.29, 1.82) is 0 Å². The number of piperidine rings is 3. The van der Waals surface area contributed by atoms with E-state index in [1.165, 1.54) is 41.2 Å². The van der Waals surface area contributed by atoms with Crippen molar-refractivity contribution in [1.82, 2.24) is 19.9 Å². The summed E-state index contributed by atoms with van der Waals surface area (Å²) < 4.78 is 2.11. The van der Waals surface area contributed by atoms with Crippen molar-refractivity contribution in [3.63, 3.8) is 0 Å². The Labute approximate surface area is 157 Å². The van der Waals surface area contributed by atoms with Crippen LogP contribution in [-0.2, 0) is 6.54 Å². The molecule has 0 saturated carbocycles. The molecule has 3 saturated heterocycles. The molecule has 3 fully saturated rings. The molecule has 0 spiro atoms. The fourth-order valence-corrected chi connectivity index (χ4v) is 5.18. The smallest absolute Gasteiger partial charge is 0.123 e. The minimum Gasteiger partial charge on any atom is -0.326 e. The first-order valence-corrected chi connectivity index (χ1v) is 10.2. The van der Waals surface area contributed by atoms with Gasteiger partial charge in [0, 0.05) is 18.0 Å². The number of nitrogens with zero attached hydrogens (tertiary/aromatic N) is 4. The lowest BCUT2D eigenvalue weighted by Gasteiger charge is -2.44. The van der Waals surface area contributed by atoms with Gasteiger partial charge in [-0.3, -0.25) is 0 Å². The normalized spacial score (nSPS) is 24.9. The summed E-state index contributed by atoms with van der Waals surface area (Å²) >= 11 is 1.77. The standard InChI is InChI=1S/C20H23N5S/c21-11-14-1-3-16(4-2-14)19-5-6-20(26-19)17-12-25(23-22-17)18-13-24-9-7-15(18)8-10-24/h1-6,12,15,18H,7-11,13,21H2/t18-/m0/s1. The topological polar surface area (TPSA) is 60.0 Å². The van der Waals surface area contributed by atoms with Gasteiger partial charge in [0.05, 0.1) is 17.1 Å². The summed E-state index contributed by atoms with van der Waals surface area (Å²) in [4.78, 5) is 4.98. The lowest BCUT2D eigenvalue weighted by molar-refractivity contribution is 0.0504. The molecule has 5 nitrogen and oxygen atoms in total. The number of thiophene rings is 1. The highest BCUT2D eigenvalue weighted by Crippen LogP contribution is 2.37. The van der Waals surface area contributed by atoms with Crippen LogP contribution in [-0.4, -0.2) is 39.5 Å². The minimum absolute atomic E-state index is 0.488. The van der Waals surface area contributed by atoms with Crippen LogP contribution in [0.3, 0.4) is 0 Å². The van der Waals surface area contributed by atoms with Gasteiger partial charge in [-0.2, -0.15) is 0 Å². The molecule has 1 aromatic carbocycles. The fourth-order valence-electron chi connectivity index (χ4n) is 4.22.